The highest BCUT2D eigenvalue weighted by Crippen LogP contribution is 2.33. The van der Waals surface area contributed by atoms with E-state index in [1.54, 1.807) is 0 Å². The molecule has 1 heterocycles. The number of fused-ring (bicyclic) bond motifs is 1. The highest BCUT2D eigenvalue weighted by Gasteiger charge is 2.31. The van der Waals surface area contributed by atoms with Crippen LogP contribution in [0.25, 0.3) is 0 Å². The van der Waals surface area contributed by atoms with E-state index in [-0.39, 0.29) is 18.0 Å². The number of likely N-dealkylation sites (N-methyl/N-ethyl adjacent to an activating group) is 1. The van der Waals surface area contributed by atoms with Gasteiger partial charge in [-0.1, -0.05) is 24.3 Å². The van der Waals surface area contributed by atoms with Gasteiger partial charge in [-0.15, -0.1) is 0 Å². The highest BCUT2D eigenvalue weighted by molar-refractivity contribution is 5.82. The van der Waals surface area contributed by atoms with E-state index < -0.39 is 0 Å². The van der Waals surface area contributed by atoms with Gasteiger partial charge in [-0.05, 0) is 49.8 Å². The quantitative estimate of drug-likeness (QED) is 0.882. The van der Waals surface area contributed by atoms with Crippen LogP contribution in [0, 0.1) is 0 Å². The molecule has 0 saturated carbocycles. The summed E-state index contributed by atoms with van der Waals surface area (Å²) in [5.41, 5.74) is 2.76. The molecule has 102 valence electrons. The number of nitrogens with one attached hydrogen (secondary N) is 1. The molecular formula is C16H22N2O. The fraction of sp³-hybridized carbons (Fsp3) is 0.562. The Balaban J connectivity index is 1.80. The molecule has 3 nitrogen and oxygen atoms in total. The summed E-state index contributed by atoms with van der Waals surface area (Å²) in [5, 5.41) is 3.31. The standard InChI is InChI=1S/C16H22N2O/c1-18(16(19)14-9-5-11-17-14)15-10-4-7-12-6-2-3-8-13(12)15/h2-3,6,8,14-15,17H,4-5,7,9-11H2,1H3. The molecule has 3 rings (SSSR count). The van der Waals surface area contributed by atoms with Crippen molar-refractivity contribution >= 4 is 5.91 Å². The molecule has 1 amide bonds. The molecule has 0 radical (unpaired) electrons. The third-order valence-electron chi connectivity index (χ3n) is 4.51. The van der Waals surface area contributed by atoms with Crippen LogP contribution < -0.4 is 5.32 Å². The van der Waals surface area contributed by atoms with E-state index in [0.717, 1.165) is 32.2 Å². The van der Waals surface area contributed by atoms with E-state index in [9.17, 15) is 4.79 Å². The number of aryl methyl sites for hydroxylation is 1. The molecule has 1 saturated heterocycles. The molecule has 1 aromatic carbocycles. The monoisotopic (exact) mass is 258 g/mol. The van der Waals surface area contributed by atoms with Gasteiger partial charge in [-0.25, -0.2) is 0 Å². The molecule has 0 bridgehead atoms. The Hall–Kier alpha value is -1.35. The molecule has 1 fully saturated rings. The molecule has 0 aromatic heterocycles. The molecule has 1 aliphatic heterocycles. The van der Waals surface area contributed by atoms with Crippen LogP contribution in [0.5, 0.6) is 0 Å². The second-order valence-electron chi connectivity index (χ2n) is 5.70. The van der Waals surface area contributed by atoms with Crippen LogP contribution in [0.3, 0.4) is 0 Å². The normalized spacial score (nSPS) is 25.9. The van der Waals surface area contributed by atoms with E-state index in [0.29, 0.717) is 0 Å². The van der Waals surface area contributed by atoms with E-state index in [1.165, 1.54) is 17.5 Å². The van der Waals surface area contributed by atoms with E-state index in [2.05, 4.69) is 29.6 Å². The summed E-state index contributed by atoms with van der Waals surface area (Å²) in [6.07, 6.45) is 5.52. The van der Waals surface area contributed by atoms with Gasteiger partial charge in [-0.2, -0.15) is 0 Å². The Morgan fingerprint density at radius 1 is 1.26 bits per heavy atom. The predicted molar refractivity (Wildman–Crippen MR) is 75.9 cm³/mol. The summed E-state index contributed by atoms with van der Waals surface area (Å²) in [6, 6.07) is 8.88. The van der Waals surface area contributed by atoms with Crippen LogP contribution in [0.1, 0.15) is 42.9 Å². The number of hydrogen-bond donors (Lipinski definition) is 1. The van der Waals surface area contributed by atoms with Gasteiger partial charge in [0.15, 0.2) is 0 Å². The molecule has 3 heteroatoms. The minimum Gasteiger partial charge on any atom is -0.337 e. The van der Waals surface area contributed by atoms with Crippen molar-refractivity contribution < 1.29 is 4.79 Å². The molecule has 19 heavy (non-hydrogen) atoms. The first-order valence-corrected chi connectivity index (χ1v) is 7.35. The molecular weight excluding hydrogens is 236 g/mol. The van der Waals surface area contributed by atoms with Crippen molar-refractivity contribution in [2.75, 3.05) is 13.6 Å². The first kappa shape index (κ1) is 12.7. The van der Waals surface area contributed by atoms with Crippen molar-refractivity contribution in [2.45, 2.75) is 44.2 Å². The summed E-state index contributed by atoms with van der Waals surface area (Å²) in [4.78, 5) is 14.5. The summed E-state index contributed by atoms with van der Waals surface area (Å²) >= 11 is 0. The lowest BCUT2D eigenvalue weighted by Crippen LogP contribution is -2.43. The number of nitrogens with zero attached hydrogens (tertiary/aromatic N) is 1. The first-order chi connectivity index (χ1) is 9.27. The fourth-order valence-corrected chi connectivity index (χ4v) is 3.43. The van der Waals surface area contributed by atoms with Gasteiger partial charge in [0, 0.05) is 7.05 Å². The summed E-state index contributed by atoms with van der Waals surface area (Å²) in [5.74, 6) is 0.263. The molecule has 1 aromatic rings. The summed E-state index contributed by atoms with van der Waals surface area (Å²) < 4.78 is 0. The summed E-state index contributed by atoms with van der Waals surface area (Å²) in [7, 11) is 1.97. The van der Waals surface area contributed by atoms with E-state index >= 15 is 0 Å². The van der Waals surface area contributed by atoms with Gasteiger partial charge in [0.1, 0.15) is 0 Å². The van der Waals surface area contributed by atoms with Crippen molar-refractivity contribution in [3.63, 3.8) is 0 Å². The molecule has 2 unspecified atom stereocenters. The number of hydrogen-bond acceptors (Lipinski definition) is 2. The lowest BCUT2D eigenvalue weighted by molar-refractivity contribution is -0.134. The minimum absolute atomic E-state index is 0.0408. The van der Waals surface area contributed by atoms with Crippen LogP contribution in [-0.4, -0.2) is 30.4 Å². The van der Waals surface area contributed by atoms with Crippen LogP contribution in [0.15, 0.2) is 24.3 Å². The number of carbonyl (C=O) groups excluding carboxylic acids is 1. The van der Waals surface area contributed by atoms with Crippen molar-refractivity contribution in [2.24, 2.45) is 0 Å². The Bertz CT molecular complexity index is 466. The van der Waals surface area contributed by atoms with Crippen LogP contribution in [0.4, 0.5) is 0 Å². The Kier molecular flexibility index (Phi) is 3.56. The van der Waals surface area contributed by atoms with Crippen molar-refractivity contribution in [1.29, 1.82) is 0 Å². The highest BCUT2D eigenvalue weighted by atomic mass is 16.2. The zero-order valence-electron chi connectivity index (χ0n) is 11.6. The van der Waals surface area contributed by atoms with Gasteiger partial charge in [0.2, 0.25) is 5.91 Å². The smallest absolute Gasteiger partial charge is 0.239 e. The van der Waals surface area contributed by atoms with E-state index in [1.807, 2.05) is 11.9 Å². The van der Waals surface area contributed by atoms with E-state index in [4.69, 9.17) is 0 Å². The Labute approximate surface area is 115 Å². The number of carbonyl (C=O) groups is 1. The van der Waals surface area contributed by atoms with Crippen molar-refractivity contribution in [3.05, 3.63) is 35.4 Å². The van der Waals surface area contributed by atoms with Crippen LogP contribution in [-0.2, 0) is 11.2 Å². The fourth-order valence-electron chi connectivity index (χ4n) is 3.43. The number of benzene rings is 1. The molecule has 1 aliphatic carbocycles. The third-order valence-corrected chi connectivity index (χ3v) is 4.51. The zero-order valence-corrected chi connectivity index (χ0v) is 11.6. The summed E-state index contributed by atoms with van der Waals surface area (Å²) in [6.45, 7) is 0.978. The predicted octanol–water partition coefficient (Wildman–Crippen LogP) is 2.27. The largest absolute Gasteiger partial charge is 0.337 e. The van der Waals surface area contributed by atoms with Gasteiger partial charge in [0.05, 0.1) is 12.1 Å². The lowest BCUT2D eigenvalue weighted by Gasteiger charge is -2.34. The molecule has 1 N–H and O–H groups in total. The maximum Gasteiger partial charge on any atom is 0.239 e. The van der Waals surface area contributed by atoms with Gasteiger partial charge in [-0.3, -0.25) is 4.79 Å². The maximum absolute atomic E-state index is 12.5. The zero-order chi connectivity index (χ0) is 13.2. The SMILES string of the molecule is CN(C(=O)C1CCCN1)C1CCCc2ccccc21. The second kappa shape index (κ2) is 5.33. The lowest BCUT2D eigenvalue weighted by atomic mass is 9.87. The third kappa shape index (κ3) is 2.39. The van der Waals surface area contributed by atoms with Crippen LogP contribution >= 0.6 is 0 Å². The van der Waals surface area contributed by atoms with Crippen molar-refractivity contribution in [3.8, 4) is 0 Å². The topological polar surface area (TPSA) is 32.3 Å². The molecule has 2 aliphatic rings. The Morgan fingerprint density at radius 3 is 2.89 bits per heavy atom. The van der Waals surface area contributed by atoms with Gasteiger partial charge < -0.3 is 10.2 Å². The van der Waals surface area contributed by atoms with Gasteiger partial charge in [0.25, 0.3) is 0 Å². The van der Waals surface area contributed by atoms with Crippen molar-refractivity contribution in [1.82, 2.24) is 10.2 Å². The number of rotatable bonds is 2. The second-order valence-corrected chi connectivity index (χ2v) is 5.70. The molecule has 2 atom stereocenters. The average molecular weight is 258 g/mol. The minimum atomic E-state index is 0.0408. The maximum atomic E-state index is 12.5. The first-order valence-electron chi connectivity index (χ1n) is 7.35. The van der Waals surface area contributed by atoms with Gasteiger partial charge >= 0.3 is 0 Å². The Morgan fingerprint density at radius 2 is 2.11 bits per heavy atom. The van der Waals surface area contributed by atoms with Crippen LogP contribution in [0.2, 0.25) is 0 Å². The number of amides is 1. The molecule has 0 spiro atoms. The average Bonchev–Trinajstić information content (AvgIpc) is 2.99.